The van der Waals surface area contributed by atoms with Crippen molar-refractivity contribution < 1.29 is 14.9 Å². The van der Waals surface area contributed by atoms with E-state index in [1.54, 1.807) is 18.3 Å². The van der Waals surface area contributed by atoms with Crippen LogP contribution in [0.4, 0.5) is 5.95 Å². The van der Waals surface area contributed by atoms with Crippen LogP contribution in [0.25, 0.3) is 0 Å². The molecule has 0 amide bonds. The van der Waals surface area contributed by atoms with E-state index in [4.69, 9.17) is 4.74 Å². The molecule has 0 bridgehead atoms. The minimum Gasteiger partial charge on any atom is -0.508 e. The van der Waals surface area contributed by atoms with Crippen molar-refractivity contribution in [2.45, 2.75) is 44.8 Å². The van der Waals surface area contributed by atoms with Gasteiger partial charge in [0.2, 0.25) is 5.95 Å². The molecule has 2 fully saturated rings. The van der Waals surface area contributed by atoms with Gasteiger partial charge in [-0.3, -0.25) is 0 Å². The zero-order valence-electron chi connectivity index (χ0n) is 18.5. The maximum atomic E-state index is 9.58. The molecular weight excluding hydrogens is 402 g/mol. The van der Waals surface area contributed by atoms with Gasteiger partial charge >= 0.3 is 0 Å². The highest BCUT2D eigenvalue weighted by Gasteiger charge is 2.52. The van der Waals surface area contributed by atoms with Gasteiger partial charge < -0.3 is 19.8 Å². The van der Waals surface area contributed by atoms with Crippen LogP contribution in [0.2, 0.25) is 0 Å². The molecule has 3 aromatic rings. The Kier molecular flexibility index (Phi) is 5.05. The number of phenols is 1. The topological polar surface area (TPSA) is 78.7 Å². The highest BCUT2D eigenvalue weighted by atomic mass is 16.5. The number of hydrogen-bond acceptors (Lipinski definition) is 6. The Labute approximate surface area is 188 Å². The van der Waals surface area contributed by atoms with E-state index in [0.717, 1.165) is 48.9 Å². The van der Waals surface area contributed by atoms with Crippen LogP contribution in [0, 0.1) is 5.41 Å². The summed E-state index contributed by atoms with van der Waals surface area (Å²) in [5, 5.41) is 19.1. The number of aliphatic hydroxyl groups excluding tert-OH is 1. The third kappa shape index (κ3) is 3.91. The zero-order chi connectivity index (χ0) is 22.3. The van der Waals surface area contributed by atoms with Crippen LogP contribution in [0.15, 0.2) is 60.8 Å². The molecule has 1 aromatic heterocycles. The molecule has 1 saturated heterocycles. The first-order chi connectivity index (χ1) is 15.3. The van der Waals surface area contributed by atoms with Gasteiger partial charge in [0.15, 0.2) is 0 Å². The predicted molar refractivity (Wildman–Crippen MR) is 123 cm³/mol. The molecule has 0 unspecified atom stereocenters. The molecule has 1 aliphatic heterocycles. The van der Waals surface area contributed by atoms with Gasteiger partial charge in [0.1, 0.15) is 18.1 Å². The largest absolute Gasteiger partial charge is 0.508 e. The van der Waals surface area contributed by atoms with Gasteiger partial charge in [-0.15, -0.1) is 0 Å². The lowest BCUT2D eigenvalue weighted by molar-refractivity contribution is -0.0497. The minimum absolute atomic E-state index is 0.129. The second-order valence-corrected chi connectivity index (χ2v) is 9.75. The van der Waals surface area contributed by atoms with Crippen molar-refractivity contribution in [3.63, 3.8) is 0 Å². The van der Waals surface area contributed by atoms with Crippen LogP contribution < -0.4 is 9.64 Å². The fourth-order valence-corrected chi connectivity index (χ4v) is 4.89. The molecule has 2 aromatic carbocycles. The lowest BCUT2D eigenvalue weighted by Gasteiger charge is -2.57. The van der Waals surface area contributed by atoms with Crippen molar-refractivity contribution in [3.05, 3.63) is 77.6 Å². The van der Waals surface area contributed by atoms with Gasteiger partial charge in [0.05, 0.1) is 11.8 Å². The third-order valence-electron chi connectivity index (χ3n) is 6.92. The Morgan fingerprint density at radius 2 is 1.62 bits per heavy atom. The molecule has 6 nitrogen and oxygen atoms in total. The predicted octanol–water partition coefficient (Wildman–Crippen LogP) is 4.05. The Morgan fingerprint density at radius 3 is 2.25 bits per heavy atom. The van der Waals surface area contributed by atoms with Crippen LogP contribution in [0.5, 0.6) is 11.5 Å². The van der Waals surface area contributed by atoms with E-state index >= 15 is 0 Å². The third-order valence-corrected chi connectivity index (χ3v) is 6.92. The molecule has 2 N–H and O–H groups in total. The van der Waals surface area contributed by atoms with E-state index in [1.165, 1.54) is 5.56 Å². The standard InChI is InChI=1S/C26H29N3O3/c1-25(2,18-3-7-21(30)8-4-18)19-5-9-23(10-6-19)32-15-20-11-12-27-24(28-20)29-16-26(17-29)13-22(31)14-26/h3-12,22,30-31H,13-17H2,1-2H3. The van der Waals surface area contributed by atoms with Crippen LogP contribution in [0.3, 0.4) is 0 Å². The number of phenolic OH excluding ortho intramolecular Hbond substituents is 1. The van der Waals surface area contributed by atoms with E-state index in [-0.39, 0.29) is 22.7 Å². The van der Waals surface area contributed by atoms with Gasteiger partial charge in [0.25, 0.3) is 0 Å². The number of rotatable bonds is 6. The summed E-state index contributed by atoms with van der Waals surface area (Å²) in [5.41, 5.74) is 3.26. The fraction of sp³-hybridized carbons (Fsp3) is 0.385. The van der Waals surface area contributed by atoms with Gasteiger partial charge in [0, 0.05) is 30.1 Å². The van der Waals surface area contributed by atoms with Crippen LogP contribution in [-0.4, -0.2) is 39.4 Å². The molecule has 6 heteroatoms. The van der Waals surface area contributed by atoms with Crippen molar-refractivity contribution in [3.8, 4) is 11.5 Å². The quantitative estimate of drug-likeness (QED) is 0.613. The Bertz CT molecular complexity index is 1080. The van der Waals surface area contributed by atoms with Crippen molar-refractivity contribution in [2.75, 3.05) is 18.0 Å². The van der Waals surface area contributed by atoms with Crippen molar-refractivity contribution >= 4 is 5.95 Å². The van der Waals surface area contributed by atoms with E-state index < -0.39 is 0 Å². The Balaban J connectivity index is 1.20. The molecule has 0 radical (unpaired) electrons. The maximum absolute atomic E-state index is 9.58. The molecule has 1 spiro atoms. The molecule has 166 valence electrons. The SMILES string of the molecule is CC(C)(c1ccc(O)cc1)c1ccc(OCc2ccnc(N3CC4(CC(O)C4)C3)n2)cc1. The second-order valence-electron chi connectivity index (χ2n) is 9.75. The van der Waals surface area contributed by atoms with Gasteiger partial charge in [-0.05, 0) is 54.3 Å². The summed E-state index contributed by atoms with van der Waals surface area (Å²) in [4.78, 5) is 11.3. The number of aromatic hydroxyl groups is 1. The number of ether oxygens (including phenoxy) is 1. The molecular formula is C26H29N3O3. The van der Waals surface area contributed by atoms with Crippen LogP contribution in [0.1, 0.15) is 43.5 Å². The first-order valence-corrected chi connectivity index (χ1v) is 11.1. The summed E-state index contributed by atoms with van der Waals surface area (Å²) in [5.74, 6) is 1.81. The number of aromatic nitrogens is 2. The van der Waals surface area contributed by atoms with Crippen LogP contribution in [-0.2, 0) is 12.0 Å². The molecule has 1 saturated carbocycles. The molecule has 32 heavy (non-hydrogen) atoms. The normalized spacial score (nSPS) is 17.7. The highest BCUT2D eigenvalue weighted by molar-refractivity contribution is 5.42. The van der Waals surface area contributed by atoms with Gasteiger partial charge in [-0.2, -0.15) is 0 Å². The number of hydrogen-bond donors (Lipinski definition) is 2. The summed E-state index contributed by atoms with van der Waals surface area (Å²) in [6, 6.07) is 17.4. The average Bonchev–Trinajstić information content (AvgIpc) is 2.74. The van der Waals surface area contributed by atoms with Crippen LogP contribution >= 0.6 is 0 Å². The number of benzene rings is 2. The molecule has 0 atom stereocenters. The van der Waals surface area contributed by atoms with Crippen molar-refractivity contribution in [2.24, 2.45) is 5.41 Å². The minimum atomic E-state index is -0.182. The molecule has 2 heterocycles. The Hall–Kier alpha value is -3.12. The number of anilines is 1. The lowest BCUT2D eigenvalue weighted by Crippen LogP contribution is -2.64. The van der Waals surface area contributed by atoms with E-state index in [1.807, 2.05) is 30.3 Å². The average molecular weight is 432 g/mol. The smallest absolute Gasteiger partial charge is 0.225 e. The Morgan fingerprint density at radius 1 is 1.00 bits per heavy atom. The summed E-state index contributed by atoms with van der Waals surface area (Å²) in [6.07, 6.45) is 3.44. The highest BCUT2D eigenvalue weighted by Crippen LogP contribution is 2.48. The number of nitrogens with zero attached hydrogens (tertiary/aromatic N) is 3. The summed E-state index contributed by atoms with van der Waals surface area (Å²) < 4.78 is 5.98. The van der Waals surface area contributed by atoms with Crippen molar-refractivity contribution in [1.82, 2.24) is 9.97 Å². The lowest BCUT2D eigenvalue weighted by atomic mass is 9.62. The first-order valence-electron chi connectivity index (χ1n) is 11.1. The first kappa shape index (κ1) is 20.8. The van der Waals surface area contributed by atoms with E-state index in [9.17, 15) is 10.2 Å². The van der Waals surface area contributed by atoms with E-state index in [0.29, 0.717) is 6.61 Å². The summed E-state index contributed by atoms with van der Waals surface area (Å²) in [6.45, 7) is 6.57. The monoisotopic (exact) mass is 431 g/mol. The van der Waals surface area contributed by atoms with Gasteiger partial charge in [-0.25, -0.2) is 9.97 Å². The fourth-order valence-electron chi connectivity index (χ4n) is 4.89. The summed E-state index contributed by atoms with van der Waals surface area (Å²) >= 11 is 0. The number of aliphatic hydroxyl groups is 1. The molecule has 5 rings (SSSR count). The molecule has 2 aliphatic rings. The molecule has 1 aliphatic carbocycles. The van der Waals surface area contributed by atoms with E-state index in [2.05, 4.69) is 40.8 Å². The summed E-state index contributed by atoms with van der Waals surface area (Å²) in [7, 11) is 0. The van der Waals surface area contributed by atoms with Gasteiger partial charge in [-0.1, -0.05) is 38.1 Å². The second kappa shape index (κ2) is 7.78. The maximum Gasteiger partial charge on any atom is 0.225 e. The van der Waals surface area contributed by atoms with Crippen molar-refractivity contribution in [1.29, 1.82) is 0 Å². The zero-order valence-corrected chi connectivity index (χ0v) is 18.5.